The predicted octanol–water partition coefficient (Wildman–Crippen LogP) is 1.48. The van der Waals surface area contributed by atoms with Gasteiger partial charge in [0, 0.05) is 25.4 Å². The number of benzene rings is 2. The summed E-state index contributed by atoms with van der Waals surface area (Å²) in [7, 11) is 0. The standard InChI is InChI=1S/C29H36N4O5/c34-19-23-8-5-15-33(23)29(38)26(17-20-6-2-1-3-7-20)32-27(36)18-22(16-21-10-12-24(35)13-11-21)31-28(37)25-9-4-14-30-25/h1-3,6-7,10-13,19,22-23,25-26,30,35H,4-5,8-9,14-18H2,(H,31,37)(H,32,36)/t22-,23-,25-,26-/m0/s1. The molecule has 2 aliphatic rings. The Morgan fingerprint density at radius 2 is 1.71 bits per heavy atom. The highest BCUT2D eigenvalue weighted by molar-refractivity contribution is 5.90. The van der Waals surface area contributed by atoms with E-state index in [2.05, 4.69) is 16.0 Å². The van der Waals surface area contributed by atoms with E-state index in [9.17, 15) is 24.3 Å². The van der Waals surface area contributed by atoms with E-state index >= 15 is 0 Å². The molecule has 2 aliphatic heterocycles. The number of amides is 3. The minimum atomic E-state index is -0.827. The molecule has 0 saturated carbocycles. The molecule has 0 aliphatic carbocycles. The number of phenolic OH excluding ortho intramolecular Hbond substituents is 1. The third-order valence-corrected chi connectivity index (χ3v) is 7.23. The first-order valence-corrected chi connectivity index (χ1v) is 13.3. The largest absolute Gasteiger partial charge is 0.508 e. The van der Waals surface area contributed by atoms with Crippen molar-refractivity contribution in [2.45, 2.75) is 69.1 Å². The average Bonchev–Trinajstić information content (AvgIpc) is 3.62. The summed E-state index contributed by atoms with van der Waals surface area (Å²) in [5, 5.41) is 18.7. The fraction of sp³-hybridized carbons (Fsp3) is 0.448. The van der Waals surface area contributed by atoms with Crippen LogP contribution in [0.4, 0.5) is 0 Å². The van der Waals surface area contributed by atoms with Gasteiger partial charge in [-0.25, -0.2) is 0 Å². The van der Waals surface area contributed by atoms with Gasteiger partial charge in [0.2, 0.25) is 17.7 Å². The molecule has 202 valence electrons. The van der Waals surface area contributed by atoms with E-state index in [0.717, 1.165) is 43.2 Å². The summed E-state index contributed by atoms with van der Waals surface area (Å²) in [6.07, 6.45) is 4.50. The molecule has 2 fully saturated rings. The van der Waals surface area contributed by atoms with Gasteiger partial charge >= 0.3 is 0 Å². The Morgan fingerprint density at radius 1 is 0.974 bits per heavy atom. The van der Waals surface area contributed by atoms with Crippen molar-refractivity contribution >= 4 is 24.0 Å². The zero-order valence-corrected chi connectivity index (χ0v) is 21.5. The third kappa shape index (κ3) is 7.41. The smallest absolute Gasteiger partial charge is 0.246 e. The molecule has 0 aromatic heterocycles. The summed E-state index contributed by atoms with van der Waals surface area (Å²) in [5.74, 6) is -0.641. The van der Waals surface area contributed by atoms with Gasteiger partial charge < -0.3 is 30.8 Å². The normalized spacial score (nSPS) is 20.5. The van der Waals surface area contributed by atoms with Crippen LogP contribution in [0, 0.1) is 0 Å². The van der Waals surface area contributed by atoms with E-state index in [1.54, 1.807) is 29.2 Å². The fourth-order valence-corrected chi connectivity index (χ4v) is 5.24. The number of rotatable bonds is 11. The SMILES string of the molecule is O=C[C@@H]1CCCN1C(=O)[C@H](Cc1ccccc1)NC(=O)C[C@H](Cc1ccc(O)cc1)NC(=O)[C@@H]1CCCN1. The number of hydrogen-bond acceptors (Lipinski definition) is 6. The number of carbonyl (C=O) groups is 4. The number of hydrogen-bond donors (Lipinski definition) is 4. The van der Waals surface area contributed by atoms with Crippen LogP contribution in [-0.2, 0) is 32.0 Å². The Balaban J connectivity index is 1.48. The Morgan fingerprint density at radius 3 is 2.39 bits per heavy atom. The van der Waals surface area contributed by atoms with Gasteiger partial charge in [-0.2, -0.15) is 0 Å². The van der Waals surface area contributed by atoms with Gasteiger partial charge in [0.15, 0.2) is 0 Å². The van der Waals surface area contributed by atoms with Crippen LogP contribution in [0.3, 0.4) is 0 Å². The van der Waals surface area contributed by atoms with Crippen LogP contribution in [0.1, 0.15) is 43.2 Å². The summed E-state index contributed by atoms with van der Waals surface area (Å²) in [6.45, 7) is 1.26. The molecule has 2 heterocycles. The quantitative estimate of drug-likeness (QED) is 0.333. The molecule has 3 amide bonds. The lowest BCUT2D eigenvalue weighted by atomic mass is 10.0. The second kappa shape index (κ2) is 13.2. The molecule has 0 bridgehead atoms. The van der Waals surface area contributed by atoms with Crippen LogP contribution >= 0.6 is 0 Å². The Kier molecular flexibility index (Phi) is 9.48. The van der Waals surface area contributed by atoms with E-state index in [1.165, 1.54) is 0 Å². The minimum Gasteiger partial charge on any atom is -0.508 e. The van der Waals surface area contributed by atoms with Gasteiger partial charge in [-0.3, -0.25) is 14.4 Å². The number of nitrogens with zero attached hydrogens (tertiary/aromatic N) is 1. The Bertz CT molecular complexity index is 1100. The maximum atomic E-state index is 13.5. The highest BCUT2D eigenvalue weighted by atomic mass is 16.3. The van der Waals surface area contributed by atoms with Crippen LogP contribution in [-0.4, -0.2) is 71.3 Å². The van der Waals surface area contributed by atoms with Crippen molar-refractivity contribution in [1.82, 2.24) is 20.9 Å². The molecular formula is C29H36N4O5. The van der Waals surface area contributed by atoms with E-state index in [0.29, 0.717) is 25.8 Å². The maximum absolute atomic E-state index is 13.5. The highest BCUT2D eigenvalue weighted by Gasteiger charge is 2.34. The highest BCUT2D eigenvalue weighted by Crippen LogP contribution is 2.19. The van der Waals surface area contributed by atoms with Crippen molar-refractivity contribution in [3.8, 4) is 5.75 Å². The average molecular weight is 521 g/mol. The summed E-state index contributed by atoms with van der Waals surface area (Å²) in [6, 6.07) is 14.0. The van der Waals surface area contributed by atoms with Crippen LogP contribution in [0.25, 0.3) is 0 Å². The molecule has 0 radical (unpaired) electrons. The lowest BCUT2D eigenvalue weighted by Gasteiger charge is -2.28. The van der Waals surface area contributed by atoms with Crippen LogP contribution < -0.4 is 16.0 Å². The molecule has 38 heavy (non-hydrogen) atoms. The maximum Gasteiger partial charge on any atom is 0.246 e. The number of aromatic hydroxyl groups is 1. The number of aldehydes is 1. The molecule has 9 nitrogen and oxygen atoms in total. The zero-order chi connectivity index (χ0) is 26.9. The van der Waals surface area contributed by atoms with Crippen LogP contribution in [0.2, 0.25) is 0 Å². The van der Waals surface area contributed by atoms with E-state index in [4.69, 9.17) is 0 Å². The van der Waals surface area contributed by atoms with E-state index in [1.807, 2.05) is 30.3 Å². The number of phenols is 1. The monoisotopic (exact) mass is 520 g/mol. The molecule has 0 spiro atoms. The van der Waals surface area contributed by atoms with Gasteiger partial charge in [0.05, 0.1) is 12.1 Å². The number of nitrogens with one attached hydrogen (secondary N) is 3. The summed E-state index contributed by atoms with van der Waals surface area (Å²) in [5.41, 5.74) is 1.76. The first-order chi connectivity index (χ1) is 18.4. The molecule has 4 rings (SSSR count). The Hall–Kier alpha value is -3.72. The van der Waals surface area contributed by atoms with Crippen molar-refractivity contribution < 1.29 is 24.3 Å². The van der Waals surface area contributed by atoms with E-state index < -0.39 is 18.1 Å². The molecule has 2 saturated heterocycles. The second-order valence-corrected chi connectivity index (χ2v) is 10.1. The van der Waals surface area contributed by atoms with E-state index in [-0.39, 0.29) is 35.9 Å². The van der Waals surface area contributed by atoms with Crippen molar-refractivity contribution in [2.75, 3.05) is 13.1 Å². The first kappa shape index (κ1) is 27.3. The van der Waals surface area contributed by atoms with Crippen LogP contribution in [0.15, 0.2) is 54.6 Å². The van der Waals surface area contributed by atoms with Crippen LogP contribution in [0.5, 0.6) is 5.75 Å². The zero-order valence-electron chi connectivity index (χ0n) is 21.5. The number of carbonyl (C=O) groups excluding carboxylic acids is 4. The fourth-order valence-electron chi connectivity index (χ4n) is 5.24. The summed E-state index contributed by atoms with van der Waals surface area (Å²) < 4.78 is 0. The molecule has 2 aromatic rings. The van der Waals surface area contributed by atoms with Gasteiger partial charge in [0.25, 0.3) is 0 Å². The molecule has 9 heteroatoms. The third-order valence-electron chi connectivity index (χ3n) is 7.23. The Labute approximate surface area is 223 Å². The first-order valence-electron chi connectivity index (χ1n) is 13.3. The van der Waals surface area contributed by atoms with Crippen molar-refractivity contribution in [3.05, 3.63) is 65.7 Å². The van der Waals surface area contributed by atoms with Gasteiger partial charge in [-0.15, -0.1) is 0 Å². The molecular weight excluding hydrogens is 484 g/mol. The topological polar surface area (TPSA) is 128 Å². The molecule has 4 atom stereocenters. The summed E-state index contributed by atoms with van der Waals surface area (Å²) >= 11 is 0. The van der Waals surface area contributed by atoms with Crippen molar-refractivity contribution in [1.29, 1.82) is 0 Å². The summed E-state index contributed by atoms with van der Waals surface area (Å²) in [4.78, 5) is 52.7. The van der Waals surface area contributed by atoms with Crippen molar-refractivity contribution in [3.63, 3.8) is 0 Å². The lowest BCUT2D eigenvalue weighted by molar-refractivity contribution is -0.138. The predicted molar refractivity (Wildman–Crippen MR) is 142 cm³/mol. The van der Waals surface area contributed by atoms with Gasteiger partial charge in [-0.05, 0) is 61.9 Å². The number of likely N-dealkylation sites (tertiary alicyclic amines) is 1. The van der Waals surface area contributed by atoms with Crippen molar-refractivity contribution in [2.24, 2.45) is 0 Å². The molecule has 0 unspecified atom stereocenters. The molecule has 2 aromatic carbocycles. The van der Waals surface area contributed by atoms with Gasteiger partial charge in [0.1, 0.15) is 18.1 Å². The lowest BCUT2D eigenvalue weighted by Crippen LogP contribution is -2.53. The molecule has 4 N–H and O–H groups in total. The second-order valence-electron chi connectivity index (χ2n) is 10.1. The minimum absolute atomic E-state index is 0.0188. The van der Waals surface area contributed by atoms with Gasteiger partial charge in [-0.1, -0.05) is 42.5 Å².